The smallest absolute Gasteiger partial charge is 0.243 e. The molecule has 0 aromatic carbocycles. The molecule has 0 aromatic rings. The Morgan fingerprint density at radius 3 is 2.60 bits per heavy atom. The van der Waals surface area contributed by atoms with E-state index in [1.807, 2.05) is 0 Å². The summed E-state index contributed by atoms with van der Waals surface area (Å²) in [5, 5.41) is 3.46. The van der Waals surface area contributed by atoms with E-state index in [9.17, 15) is 4.79 Å². The summed E-state index contributed by atoms with van der Waals surface area (Å²) in [6.45, 7) is 1.81. The zero-order valence-electron chi connectivity index (χ0n) is 9.30. The number of nitrogens with zero attached hydrogens (tertiary/aromatic N) is 1. The summed E-state index contributed by atoms with van der Waals surface area (Å²) in [4.78, 5) is 14.3. The zero-order valence-corrected chi connectivity index (χ0v) is 9.30. The average molecular weight is 208 g/mol. The first-order valence-corrected chi connectivity index (χ1v) is 6.35. The first-order valence-electron chi connectivity index (χ1n) is 6.35. The second-order valence-electron chi connectivity index (χ2n) is 5.45. The van der Waals surface area contributed by atoms with Gasteiger partial charge in [-0.15, -0.1) is 0 Å². The molecule has 0 radical (unpaired) electrons. The molecule has 1 heterocycles. The van der Waals surface area contributed by atoms with Crippen LogP contribution in [0.5, 0.6) is 0 Å². The highest BCUT2D eigenvalue weighted by Gasteiger charge is 2.48. The predicted molar refractivity (Wildman–Crippen MR) is 58.3 cm³/mol. The Bertz CT molecular complexity index is 267. The SMILES string of the molecule is O=C1N(CC2CCC2)CNC12CCCC2. The topological polar surface area (TPSA) is 32.3 Å². The molecule has 0 atom stereocenters. The molecule has 0 aromatic heterocycles. The third-order valence-corrected chi connectivity index (χ3v) is 4.47. The standard InChI is InChI=1S/C12H20N2O/c15-11-12(6-1-2-7-12)13-9-14(11)8-10-4-3-5-10/h10,13H,1-9H2. The number of rotatable bonds is 2. The van der Waals surface area contributed by atoms with Gasteiger partial charge in [-0.05, 0) is 31.6 Å². The molecule has 3 heteroatoms. The quantitative estimate of drug-likeness (QED) is 0.745. The van der Waals surface area contributed by atoms with Crippen LogP contribution in [0.3, 0.4) is 0 Å². The summed E-state index contributed by atoms with van der Waals surface area (Å²) >= 11 is 0. The normalized spacial score (nSPS) is 30.1. The maximum Gasteiger partial charge on any atom is 0.243 e. The van der Waals surface area contributed by atoms with E-state index in [0.717, 1.165) is 32.0 Å². The molecule has 1 amide bonds. The summed E-state index contributed by atoms with van der Waals surface area (Å²) in [6, 6.07) is 0. The molecule has 3 fully saturated rings. The molecule has 0 bridgehead atoms. The summed E-state index contributed by atoms with van der Waals surface area (Å²) in [5.41, 5.74) is -0.135. The van der Waals surface area contributed by atoms with Crippen LogP contribution in [0, 0.1) is 5.92 Å². The van der Waals surface area contributed by atoms with Gasteiger partial charge >= 0.3 is 0 Å². The van der Waals surface area contributed by atoms with E-state index < -0.39 is 0 Å². The highest BCUT2D eigenvalue weighted by atomic mass is 16.2. The van der Waals surface area contributed by atoms with Crippen molar-refractivity contribution in [3.8, 4) is 0 Å². The van der Waals surface area contributed by atoms with Crippen molar-refractivity contribution in [2.24, 2.45) is 5.92 Å². The number of hydrogen-bond acceptors (Lipinski definition) is 2. The van der Waals surface area contributed by atoms with Crippen LogP contribution in [-0.2, 0) is 4.79 Å². The van der Waals surface area contributed by atoms with Crippen LogP contribution in [-0.4, -0.2) is 29.6 Å². The van der Waals surface area contributed by atoms with Crippen LogP contribution in [0.1, 0.15) is 44.9 Å². The van der Waals surface area contributed by atoms with E-state index in [4.69, 9.17) is 0 Å². The van der Waals surface area contributed by atoms with Gasteiger partial charge in [-0.25, -0.2) is 0 Å². The lowest BCUT2D eigenvalue weighted by atomic mass is 9.85. The summed E-state index contributed by atoms with van der Waals surface area (Å²) < 4.78 is 0. The third-order valence-electron chi connectivity index (χ3n) is 4.47. The maximum absolute atomic E-state index is 12.3. The Labute approximate surface area is 91.2 Å². The van der Waals surface area contributed by atoms with E-state index in [-0.39, 0.29) is 5.54 Å². The van der Waals surface area contributed by atoms with E-state index in [1.165, 1.54) is 32.1 Å². The van der Waals surface area contributed by atoms with Gasteiger partial charge < -0.3 is 4.90 Å². The molecule has 2 saturated carbocycles. The van der Waals surface area contributed by atoms with Crippen molar-refractivity contribution in [2.45, 2.75) is 50.5 Å². The Morgan fingerprint density at radius 2 is 2.00 bits per heavy atom. The van der Waals surface area contributed by atoms with Gasteiger partial charge in [0.25, 0.3) is 0 Å². The molecular weight excluding hydrogens is 188 g/mol. The molecule has 1 N–H and O–H groups in total. The van der Waals surface area contributed by atoms with Crippen molar-refractivity contribution in [1.29, 1.82) is 0 Å². The molecule has 3 rings (SSSR count). The summed E-state index contributed by atoms with van der Waals surface area (Å²) in [7, 11) is 0. The number of nitrogens with one attached hydrogen (secondary N) is 1. The Kier molecular flexibility index (Phi) is 2.23. The number of amides is 1. The van der Waals surface area contributed by atoms with Gasteiger partial charge in [-0.3, -0.25) is 10.1 Å². The van der Waals surface area contributed by atoms with Crippen molar-refractivity contribution < 1.29 is 4.79 Å². The van der Waals surface area contributed by atoms with Gasteiger partial charge in [-0.2, -0.15) is 0 Å². The van der Waals surface area contributed by atoms with E-state index in [0.29, 0.717) is 5.91 Å². The van der Waals surface area contributed by atoms with E-state index >= 15 is 0 Å². The summed E-state index contributed by atoms with van der Waals surface area (Å²) in [5.74, 6) is 1.19. The van der Waals surface area contributed by atoms with Crippen LogP contribution in [0.2, 0.25) is 0 Å². The molecule has 1 aliphatic heterocycles. The third kappa shape index (κ3) is 1.48. The van der Waals surface area contributed by atoms with Crippen molar-refractivity contribution in [2.75, 3.05) is 13.2 Å². The first kappa shape index (κ1) is 9.64. The maximum atomic E-state index is 12.3. The molecule has 0 unspecified atom stereocenters. The molecule has 3 nitrogen and oxygen atoms in total. The lowest BCUT2D eigenvalue weighted by Gasteiger charge is -2.30. The van der Waals surface area contributed by atoms with Crippen LogP contribution in [0.25, 0.3) is 0 Å². The molecule has 1 spiro atoms. The predicted octanol–water partition coefficient (Wildman–Crippen LogP) is 1.49. The van der Waals surface area contributed by atoms with Gasteiger partial charge in [-0.1, -0.05) is 19.3 Å². The lowest BCUT2D eigenvalue weighted by Crippen LogP contribution is -2.44. The van der Waals surface area contributed by atoms with Crippen LogP contribution in [0.4, 0.5) is 0 Å². The average Bonchev–Trinajstić information content (AvgIpc) is 2.74. The second-order valence-corrected chi connectivity index (χ2v) is 5.45. The fraction of sp³-hybridized carbons (Fsp3) is 0.917. The highest BCUT2D eigenvalue weighted by molar-refractivity contribution is 5.88. The van der Waals surface area contributed by atoms with E-state index in [1.54, 1.807) is 0 Å². The molecule has 2 aliphatic carbocycles. The number of carbonyl (C=O) groups is 1. The van der Waals surface area contributed by atoms with Gasteiger partial charge in [0.15, 0.2) is 0 Å². The van der Waals surface area contributed by atoms with E-state index in [2.05, 4.69) is 10.2 Å². The number of carbonyl (C=O) groups excluding carboxylic acids is 1. The fourth-order valence-corrected chi connectivity index (χ4v) is 3.20. The minimum atomic E-state index is -0.135. The van der Waals surface area contributed by atoms with Crippen molar-refractivity contribution in [3.05, 3.63) is 0 Å². The Morgan fingerprint density at radius 1 is 1.27 bits per heavy atom. The lowest BCUT2D eigenvalue weighted by molar-refractivity contribution is -0.133. The molecule has 15 heavy (non-hydrogen) atoms. The molecule has 3 aliphatic rings. The van der Waals surface area contributed by atoms with Crippen LogP contribution in [0.15, 0.2) is 0 Å². The highest BCUT2D eigenvalue weighted by Crippen LogP contribution is 2.36. The molecule has 1 saturated heterocycles. The van der Waals surface area contributed by atoms with Gasteiger partial charge in [0.05, 0.1) is 12.2 Å². The molecule has 84 valence electrons. The minimum Gasteiger partial charge on any atom is -0.328 e. The molecular formula is C12H20N2O. The monoisotopic (exact) mass is 208 g/mol. The second kappa shape index (κ2) is 3.48. The van der Waals surface area contributed by atoms with Gasteiger partial charge in [0, 0.05) is 6.54 Å². The van der Waals surface area contributed by atoms with Crippen LogP contribution < -0.4 is 5.32 Å². The first-order chi connectivity index (χ1) is 7.30. The zero-order chi connectivity index (χ0) is 10.3. The van der Waals surface area contributed by atoms with Gasteiger partial charge in [0.1, 0.15) is 0 Å². The summed E-state index contributed by atoms with van der Waals surface area (Å²) in [6.07, 6.45) is 8.59. The van der Waals surface area contributed by atoms with Gasteiger partial charge in [0.2, 0.25) is 5.91 Å². The number of hydrogen-bond donors (Lipinski definition) is 1. The Hall–Kier alpha value is -0.570. The van der Waals surface area contributed by atoms with Crippen molar-refractivity contribution >= 4 is 5.91 Å². The van der Waals surface area contributed by atoms with Crippen LogP contribution >= 0.6 is 0 Å². The minimum absolute atomic E-state index is 0.135. The fourth-order valence-electron chi connectivity index (χ4n) is 3.20. The largest absolute Gasteiger partial charge is 0.328 e. The van der Waals surface area contributed by atoms with Crippen molar-refractivity contribution in [1.82, 2.24) is 10.2 Å². The Balaban J connectivity index is 1.64. The van der Waals surface area contributed by atoms with Crippen molar-refractivity contribution in [3.63, 3.8) is 0 Å².